The van der Waals surface area contributed by atoms with E-state index in [0.29, 0.717) is 23.8 Å². The molecule has 0 aliphatic heterocycles. The molecule has 0 aliphatic carbocycles. The number of fused-ring (bicyclic) bond motifs is 1. The van der Waals surface area contributed by atoms with E-state index in [4.69, 9.17) is 0 Å². The number of aromatic amines is 1. The number of hydrogen-bond acceptors (Lipinski definition) is 4. The van der Waals surface area contributed by atoms with E-state index in [2.05, 4.69) is 41.1 Å². The Morgan fingerprint density at radius 3 is 2.86 bits per heavy atom. The molecular formula is C16H24N4O. The maximum Gasteiger partial charge on any atom is 0.258 e. The van der Waals surface area contributed by atoms with E-state index >= 15 is 0 Å². The van der Waals surface area contributed by atoms with Crippen LogP contribution in [0.25, 0.3) is 10.9 Å². The molecule has 0 amide bonds. The lowest BCUT2D eigenvalue weighted by atomic mass is 10.2. The number of rotatable bonds is 7. The minimum absolute atomic E-state index is 0.0723. The molecular weight excluding hydrogens is 264 g/mol. The summed E-state index contributed by atoms with van der Waals surface area (Å²) in [6, 6.07) is 7.98. The largest absolute Gasteiger partial charge is 0.310 e. The van der Waals surface area contributed by atoms with Crippen LogP contribution in [0.4, 0.5) is 0 Å². The van der Waals surface area contributed by atoms with Gasteiger partial charge >= 0.3 is 0 Å². The van der Waals surface area contributed by atoms with Crippen LogP contribution in [0.1, 0.15) is 26.1 Å². The lowest BCUT2D eigenvalue weighted by Gasteiger charge is -2.20. The van der Waals surface area contributed by atoms with Crippen LogP contribution >= 0.6 is 0 Å². The number of para-hydroxylation sites is 1. The van der Waals surface area contributed by atoms with Crippen molar-refractivity contribution in [3.8, 4) is 0 Å². The first kappa shape index (κ1) is 15.7. The highest BCUT2D eigenvalue weighted by molar-refractivity contribution is 5.77. The molecule has 0 bridgehead atoms. The van der Waals surface area contributed by atoms with Crippen molar-refractivity contribution in [1.82, 2.24) is 20.2 Å². The van der Waals surface area contributed by atoms with Crippen LogP contribution < -0.4 is 10.9 Å². The van der Waals surface area contributed by atoms with Crippen molar-refractivity contribution in [3.05, 3.63) is 40.4 Å². The van der Waals surface area contributed by atoms with Crippen LogP contribution in [0.2, 0.25) is 0 Å². The summed E-state index contributed by atoms with van der Waals surface area (Å²) in [6.07, 6.45) is 1.08. The van der Waals surface area contributed by atoms with Crippen LogP contribution in [-0.4, -0.2) is 41.0 Å². The molecule has 0 fully saturated rings. The number of hydrogen-bond donors (Lipinski definition) is 2. The predicted octanol–water partition coefficient (Wildman–Crippen LogP) is 1.74. The zero-order valence-electron chi connectivity index (χ0n) is 13.0. The van der Waals surface area contributed by atoms with Gasteiger partial charge in [-0.15, -0.1) is 0 Å². The fourth-order valence-electron chi connectivity index (χ4n) is 2.14. The van der Waals surface area contributed by atoms with Gasteiger partial charge < -0.3 is 15.2 Å². The van der Waals surface area contributed by atoms with E-state index in [-0.39, 0.29) is 5.56 Å². The second kappa shape index (κ2) is 7.33. The standard InChI is InChI=1S/C16H24N4O/c1-12(2)20(3)10-6-9-17-11-15-18-14-8-5-4-7-13(14)16(21)19-15/h4-5,7-8,12,17H,6,9-11H2,1-3H3,(H,18,19,21). The van der Waals surface area contributed by atoms with Gasteiger partial charge in [0.2, 0.25) is 0 Å². The molecule has 1 aromatic carbocycles. The minimum atomic E-state index is -0.0723. The molecule has 0 saturated carbocycles. The van der Waals surface area contributed by atoms with Crippen molar-refractivity contribution in [3.63, 3.8) is 0 Å². The molecule has 5 heteroatoms. The van der Waals surface area contributed by atoms with Gasteiger partial charge in [0.25, 0.3) is 5.56 Å². The Hall–Kier alpha value is -1.72. The molecule has 21 heavy (non-hydrogen) atoms. The third-order valence-electron chi connectivity index (χ3n) is 3.70. The zero-order valence-corrected chi connectivity index (χ0v) is 13.0. The minimum Gasteiger partial charge on any atom is -0.310 e. The zero-order chi connectivity index (χ0) is 15.2. The van der Waals surface area contributed by atoms with Gasteiger partial charge in [0.15, 0.2) is 0 Å². The Balaban J connectivity index is 1.85. The Labute approximate surface area is 125 Å². The highest BCUT2D eigenvalue weighted by Gasteiger charge is 2.04. The number of nitrogens with zero attached hydrogens (tertiary/aromatic N) is 2. The van der Waals surface area contributed by atoms with Gasteiger partial charge in [-0.05, 0) is 52.5 Å². The Bertz CT molecular complexity index is 635. The van der Waals surface area contributed by atoms with Crippen molar-refractivity contribution >= 4 is 10.9 Å². The summed E-state index contributed by atoms with van der Waals surface area (Å²) in [7, 11) is 2.13. The predicted molar refractivity (Wildman–Crippen MR) is 86.5 cm³/mol. The van der Waals surface area contributed by atoms with Gasteiger partial charge in [-0.2, -0.15) is 0 Å². The fourth-order valence-corrected chi connectivity index (χ4v) is 2.14. The molecule has 0 atom stereocenters. The van der Waals surface area contributed by atoms with Crippen molar-refractivity contribution in [2.24, 2.45) is 0 Å². The Morgan fingerprint density at radius 1 is 1.33 bits per heavy atom. The maximum absolute atomic E-state index is 11.9. The van der Waals surface area contributed by atoms with E-state index in [1.54, 1.807) is 6.07 Å². The molecule has 2 rings (SSSR count). The van der Waals surface area contributed by atoms with Gasteiger partial charge in [-0.25, -0.2) is 4.98 Å². The molecule has 114 valence electrons. The maximum atomic E-state index is 11.9. The smallest absolute Gasteiger partial charge is 0.258 e. The summed E-state index contributed by atoms with van der Waals surface area (Å²) in [5, 5.41) is 3.97. The average Bonchev–Trinajstić information content (AvgIpc) is 2.46. The van der Waals surface area contributed by atoms with Crippen molar-refractivity contribution < 1.29 is 0 Å². The third-order valence-corrected chi connectivity index (χ3v) is 3.70. The van der Waals surface area contributed by atoms with Gasteiger partial charge in [-0.1, -0.05) is 12.1 Å². The van der Waals surface area contributed by atoms with Crippen LogP contribution in [0.15, 0.2) is 29.1 Å². The second-order valence-electron chi connectivity index (χ2n) is 5.63. The third kappa shape index (κ3) is 4.37. The molecule has 2 N–H and O–H groups in total. The van der Waals surface area contributed by atoms with E-state index in [1.807, 2.05) is 18.2 Å². The molecule has 0 spiro atoms. The summed E-state index contributed by atoms with van der Waals surface area (Å²) < 4.78 is 0. The van der Waals surface area contributed by atoms with E-state index in [0.717, 1.165) is 25.0 Å². The Kier molecular flexibility index (Phi) is 5.47. The van der Waals surface area contributed by atoms with E-state index < -0.39 is 0 Å². The van der Waals surface area contributed by atoms with Crippen LogP contribution in [-0.2, 0) is 6.54 Å². The number of H-pyrrole nitrogens is 1. The molecule has 1 aromatic heterocycles. The first-order valence-electron chi connectivity index (χ1n) is 7.47. The summed E-state index contributed by atoms with van der Waals surface area (Å²) in [5.41, 5.74) is 0.675. The van der Waals surface area contributed by atoms with Gasteiger partial charge in [0, 0.05) is 6.04 Å². The first-order chi connectivity index (χ1) is 10.1. The van der Waals surface area contributed by atoms with Gasteiger partial charge in [0.1, 0.15) is 5.82 Å². The lowest BCUT2D eigenvalue weighted by molar-refractivity contribution is 0.269. The van der Waals surface area contributed by atoms with Crippen LogP contribution in [0.5, 0.6) is 0 Å². The highest BCUT2D eigenvalue weighted by atomic mass is 16.1. The van der Waals surface area contributed by atoms with E-state index in [9.17, 15) is 4.79 Å². The Morgan fingerprint density at radius 2 is 2.10 bits per heavy atom. The molecule has 0 aliphatic rings. The number of benzene rings is 1. The van der Waals surface area contributed by atoms with Gasteiger partial charge in [-0.3, -0.25) is 4.79 Å². The normalized spacial score (nSPS) is 11.7. The molecule has 2 aromatic rings. The molecule has 0 radical (unpaired) electrons. The lowest BCUT2D eigenvalue weighted by Crippen LogP contribution is -2.29. The summed E-state index contributed by atoms with van der Waals surface area (Å²) in [5.74, 6) is 0.691. The molecule has 1 heterocycles. The fraction of sp³-hybridized carbons (Fsp3) is 0.500. The van der Waals surface area contributed by atoms with Crippen molar-refractivity contribution in [2.75, 3.05) is 20.1 Å². The highest BCUT2D eigenvalue weighted by Crippen LogP contribution is 2.05. The average molecular weight is 288 g/mol. The summed E-state index contributed by atoms with van der Waals surface area (Å²) in [6.45, 7) is 6.94. The summed E-state index contributed by atoms with van der Waals surface area (Å²) >= 11 is 0. The monoisotopic (exact) mass is 288 g/mol. The van der Waals surface area contributed by atoms with Crippen LogP contribution in [0, 0.1) is 0 Å². The quantitative estimate of drug-likeness (QED) is 0.762. The number of aromatic nitrogens is 2. The van der Waals surface area contributed by atoms with Crippen molar-refractivity contribution in [1.29, 1.82) is 0 Å². The molecule has 5 nitrogen and oxygen atoms in total. The molecule has 0 saturated heterocycles. The SMILES string of the molecule is CC(C)N(C)CCCNCc1nc2ccccc2c(=O)[nH]1. The van der Waals surface area contributed by atoms with Crippen LogP contribution in [0.3, 0.4) is 0 Å². The van der Waals surface area contributed by atoms with E-state index in [1.165, 1.54) is 0 Å². The second-order valence-corrected chi connectivity index (χ2v) is 5.63. The van der Waals surface area contributed by atoms with Gasteiger partial charge in [0.05, 0.1) is 17.4 Å². The first-order valence-corrected chi connectivity index (χ1v) is 7.47. The van der Waals surface area contributed by atoms with Crippen molar-refractivity contribution in [2.45, 2.75) is 32.9 Å². The molecule has 0 unspecified atom stereocenters. The summed E-state index contributed by atoms with van der Waals surface area (Å²) in [4.78, 5) is 21.5. The number of nitrogens with one attached hydrogen (secondary N) is 2. The topological polar surface area (TPSA) is 61.0 Å².